The van der Waals surface area contributed by atoms with Gasteiger partial charge in [-0.05, 0) is 12.8 Å². The predicted molar refractivity (Wildman–Crippen MR) is 77.5 cm³/mol. The molecule has 1 heterocycles. The highest BCUT2D eigenvalue weighted by molar-refractivity contribution is 6.05. The van der Waals surface area contributed by atoms with Crippen LogP contribution in [0.3, 0.4) is 0 Å². The highest BCUT2D eigenvalue weighted by Gasteiger charge is 2.47. The molecule has 1 aliphatic carbocycles. The molecule has 118 valence electrons. The van der Waals surface area contributed by atoms with E-state index in [1.165, 1.54) is 9.80 Å². The van der Waals surface area contributed by atoms with Gasteiger partial charge in [-0.15, -0.1) is 0 Å². The highest BCUT2D eigenvalue weighted by atomic mass is 16.2. The molecule has 0 spiro atoms. The van der Waals surface area contributed by atoms with E-state index in [1.807, 2.05) is 14.1 Å². The normalized spacial score (nSPS) is 25.4. The van der Waals surface area contributed by atoms with Gasteiger partial charge in [0.05, 0.1) is 39.0 Å². The average molecular weight is 296 g/mol. The van der Waals surface area contributed by atoms with Gasteiger partial charge in [-0.1, -0.05) is 12.8 Å². The quantitative estimate of drug-likeness (QED) is 0.606. The third kappa shape index (κ3) is 3.81. The fourth-order valence-electron chi connectivity index (χ4n) is 3.21. The van der Waals surface area contributed by atoms with Crippen molar-refractivity contribution in [1.82, 2.24) is 10.2 Å². The zero-order valence-corrected chi connectivity index (χ0v) is 13.0. The maximum absolute atomic E-state index is 12.2. The van der Waals surface area contributed by atoms with Crippen LogP contribution in [0.4, 0.5) is 0 Å². The van der Waals surface area contributed by atoms with E-state index >= 15 is 0 Å². The summed E-state index contributed by atoms with van der Waals surface area (Å²) in [6, 6.07) is 0. The van der Waals surface area contributed by atoms with Crippen LogP contribution >= 0.6 is 0 Å². The molecule has 2 atom stereocenters. The molecule has 6 nitrogen and oxygen atoms in total. The van der Waals surface area contributed by atoms with Gasteiger partial charge in [-0.25, -0.2) is 0 Å². The van der Waals surface area contributed by atoms with Crippen LogP contribution in [-0.2, 0) is 14.4 Å². The first-order valence-corrected chi connectivity index (χ1v) is 7.91. The minimum atomic E-state index is -0.119. The number of hydrogen-bond donors (Lipinski definition) is 2. The van der Waals surface area contributed by atoms with E-state index < -0.39 is 0 Å². The summed E-state index contributed by atoms with van der Waals surface area (Å²) in [7, 11) is 4.05. The molecule has 2 rings (SSSR count). The van der Waals surface area contributed by atoms with Crippen LogP contribution < -0.4 is 10.2 Å². The maximum Gasteiger partial charge on any atom is 0.233 e. The minimum Gasteiger partial charge on any atom is -0.350 e. The molecule has 1 saturated heterocycles. The number of nitrogens with zero attached hydrogens (tertiary/aromatic N) is 1. The number of rotatable bonds is 6. The first-order chi connectivity index (χ1) is 10.0. The Hall–Kier alpha value is -1.43. The predicted octanol–water partition coefficient (Wildman–Crippen LogP) is -1.19. The number of likely N-dealkylation sites (tertiary alicyclic amines) is 1. The molecular formula is C15H26N3O3+. The number of hydrogen-bond acceptors (Lipinski definition) is 3. The first kappa shape index (κ1) is 15.9. The summed E-state index contributed by atoms with van der Waals surface area (Å²) in [4.78, 5) is 38.8. The Bertz CT molecular complexity index is 398. The van der Waals surface area contributed by atoms with E-state index in [0.717, 1.165) is 32.2 Å². The van der Waals surface area contributed by atoms with Crippen molar-refractivity contribution in [2.24, 2.45) is 11.8 Å². The largest absolute Gasteiger partial charge is 0.350 e. The van der Waals surface area contributed by atoms with E-state index in [9.17, 15) is 14.4 Å². The SMILES string of the molecule is C[NH+](C)CCNC(=O)CCN1C(=O)[C@H]2CCCC[C@@H]2C1=O. The number of imide groups is 1. The highest BCUT2D eigenvalue weighted by Crippen LogP contribution is 2.37. The molecule has 6 heteroatoms. The number of likely N-dealkylation sites (N-methyl/N-ethyl adjacent to an activating group) is 1. The van der Waals surface area contributed by atoms with E-state index in [-0.39, 0.29) is 42.5 Å². The van der Waals surface area contributed by atoms with Crippen LogP contribution in [-0.4, -0.2) is 56.4 Å². The van der Waals surface area contributed by atoms with Crippen molar-refractivity contribution in [3.8, 4) is 0 Å². The van der Waals surface area contributed by atoms with Crippen molar-refractivity contribution in [3.63, 3.8) is 0 Å². The lowest BCUT2D eigenvalue weighted by Gasteiger charge is -2.19. The number of carbonyl (C=O) groups is 3. The monoisotopic (exact) mass is 296 g/mol. The molecule has 0 unspecified atom stereocenters. The van der Waals surface area contributed by atoms with Crippen molar-refractivity contribution < 1.29 is 19.3 Å². The van der Waals surface area contributed by atoms with Crippen LogP contribution in [0.25, 0.3) is 0 Å². The Labute approximate surface area is 125 Å². The molecule has 21 heavy (non-hydrogen) atoms. The number of nitrogens with one attached hydrogen (secondary N) is 2. The third-order valence-electron chi connectivity index (χ3n) is 4.44. The van der Waals surface area contributed by atoms with E-state index in [2.05, 4.69) is 5.32 Å². The molecule has 2 aliphatic rings. The number of carbonyl (C=O) groups excluding carboxylic acids is 3. The Balaban J connectivity index is 1.79. The van der Waals surface area contributed by atoms with Crippen molar-refractivity contribution in [3.05, 3.63) is 0 Å². The van der Waals surface area contributed by atoms with E-state index in [4.69, 9.17) is 0 Å². The molecule has 2 N–H and O–H groups in total. The Morgan fingerprint density at radius 3 is 2.29 bits per heavy atom. The van der Waals surface area contributed by atoms with E-state index in [1.54, 1.807) is 0 Å². The molecule has 0 aromatic heterocycles. The van der Waals surface area contributed by atoms with Gasteiger partial charge >= 0.3 is 0 Å². The maximum atomic E-state index is 12.2. The standard InChI is InChI=1S/C15H25N3O3/c1-17(2)10-8-16-13(19)7-9-18-14(20)11-5-3-4-6-12(11)15(18)21/h11-12H,3-10H2,1-2H3,(H,16,19)/p+1/t11-,12-/m0/s1. The lowest BCUT2D eigenvalue weighted by atomic mass is 9.81. The van der Waals surface area contributed by atoms with Gasteiger partial charge in [0.1, 0.15) is 0 Å². The zero-order chi connectivity index (χ0) is 15.4. The van der Waals surface area contributed by atoms with Crippen molar-refractivity contribution in [1.29, 1.82) is 0 Å². The molecule has 0 aromatic carbocycles. The molecule has 0 aromatic rings. The van der Waals surface area contributed by atoms with Gasteiger partial charge in [0.15, 0.2) is 0 Å². The molecule has 0 bridgehead atoms. The summed E-state index contributed by atoms with van der Waals surface area (Å²) in [5.41, 5.74) is 0. The molecule has 2 fully saturated rings. The van der Waals surface area contributed by atoms with Crippen LogP contribution in [0, 0.1) is 11.8 Å². The summed E-state index contributed by atoms with van der Waals surface area (Å²) >= 11 is 0. The zero-order valence-electron chi connectivity index (χ0n) is 13.0. The van der Waals surface area contributed by atoms with Gasteiger partial charge in [0.25, 0.3) is 0 Å². The summed E-state index contributed by atoms with van der Waals surface area (Å²) in [6.45, 7) is 1.71. The van der Waals surface area contributed by atoms with Crippen molar-refractivity contribution in [2.45, 2.75) is 32.1 Å². The molecular weight excluding hydrogens is 270 g/mol. The summed E-state index contributed by atoms with van der Waals surface area (Å²) in [5.74, 6) is -0.449. The van der Waals surface area contributed by atoms with Gasteiger partial charge < -0.3 is 10.2 Å². The molecule has 1 aliphatic heterocycles. The summed E-state index contributed by atoms with van der Waals surface area (Å²) in [5, 5.41) is 2.82. The second-order valence-corrected chi connectivity index (χ2v) is 6.38. The van der Waals surface area contributed by atoms with Crippen molar-refractivity contribution in [2.75, 3.05) is 33.7 Å². The Morgan fingerprint density at radius 1 is 1.19 bits per heavy atom. The lowest BCUT2D eigenvalue weighted by molar-refractivity contribution is -0.856. The molecule has 0 radical (unpaired) electrons. The van der Waals surface area contributed by atoms with Crippen molar-refractivity contribution >= 4 is 17.7 Å². The fraction of sp³-hybridized carbons (Fsp3) is 0.800. The van der Waals surface area contributed by atoms with Gasteiger partial charge in [0, 0.05) is 13.0 Å². The Morgan fingerprint density at radius 2 is 1.76 bits per heavy atom. The third-order valence-corrected chi connectivity index (χ3v) is 4.44. The van der Waals surface area contributed by atoms with Gasteiger partial charge in [-0.2, -0.15) is 0 Å². The topological polar surface area (TPSA) is 70.9 Å². The number of amides is 3. The van der Waals surface area contributed by atoms with Crippen LogP contribution in [0.15, 0.2) is 0 Å². The molecule has 3 amide bonds. The second-order valence-electron chi connectivity index (χ2n) is 6.38. The van der Waals surface area contributed by atoms with Gasteiger partial charge in [-0.3, -0.25) is 19.3 Å². The first-order valence-electron chi connectivity index (χ1n) is 7.91. The second kappa shape index (κ2) is 7.02. The van der Waals surface area contributed by atoms with Crippen LogP contribution in [0.5, 0.6) is 0 Å². The van der Waals surface area contributed by atoms with Gasteiger partial charge in [0.2, 0.25) is 17.7 Å². The average Bonchev–Trinajstić information content (AvgIpc) is 2.69. The lowest BCUT2D eigenvalue weighted by Crippen LogP contribution is -3.06. The van der Waals surface area contributed by atoms with Crippen LogP contribution in [0.2, 0.25) is 0 Å². The minimum absolute atomic E-state index is 0.0600. The Kier molecular flexibility index (Phi) is 5.33. The fourth-order valence-corrected chi connectivity index (χ4v) is 3.21. The number of quaternary nitrogens is 1. The smallest absolute Gasteiger partial charge is 0.233 e. The number of fused-ring (bicyclic) bond motifs is 1. The van der Waals surface area contributed by atoms with Crippen LogP contribution in [0.1, 0.15) is 32.1 Å². The summed E-state index contributed by atoms with van der Waals surface area (Å²) in [6.07, 6.45) is 3.91. The molecule has 1 saturated carbocycles. The summed E-state index contributed by atoms with van der Waals surface area (Å²) < 4.78 is 0. The van der Waals surface area contributed by atoms with E-state index in [0.29, 0.717) is 6.54 Å².